The van der Waals surface area contributed by atoms with Crippen LogP contribution < -0.4 is 5.32 Å². The van der Waals surface area contributed by atoms with Gasteiger partial charge in [-0.15, -0.1) is 0 Å². The Morgan fingerprint density at radius 2 is 2.35 bits per heavy atom. The van der Waals surface area contributed by atoms with Gasteiger partial charge in [0.1, 0.15) is 18.0 Å². The van der Waals surface area contributed by atoms with Gasteiger partial charge < -0.3 is 10.1 Å². The molecule has 2 aromatic rings. The second-order valence-electron chi connectivity index (χ2n) is 4.21. The van der Waals surface area contributed by atoms with E-state index in [-0.39, 0.29) is 24.8 Å². The van der Waals surface area contributed by atoms with Crippen LogP contribution in [-0.4, -0.2) is 28.2 Å². The number of halogens is 1. The van der Waals surface area contributed by atoms with E-state index in [0.29, 0.717) is 23.5 Å². The van der Waals surface area contributed by atoms with Crippen LogP contribution in [0.15, 0.2) is 24.5 Å². The number of nitrogens with zero attached hydrogens (tertiary/aromatic N) is 2. The second kappa shape index (κ2) is 6.76. The van der Waals surface area contributed by atoms with Crippen molar-refractivity contribution in [3.63, 3.8) is 0 Å². The summed E-state index contributed by atoms with van der Waals surface area (Å²) in [6, 6.07) is 4.16. The number of H-pyrrole nitrogens is 1. The largest absolute Gasteiger partial charge is 0.380 e. The highest BCUT2D eigenvalue weighted by Gasteiger charge is 2.09. The van der Waals surface area contributed by atoms with E-state index in [1.165, 1.54) is 31.6 Å². The molecule has 2 rings (SSSR count). The molecule has 0 aliphatic rings. The number of aryl methyl sites for hydroxylation is 1. The van der Waals surface area contributed by atoms with Crippen molar-refractivity contribution in [2.75, 3.05) is 12.4 Å². The van der Waals surface area contributed by atoms with Gasteiger partial charge in [-0.2, -0.15) is 5.10 Å². The molecule has 7 heteroatoms. The van der Waals surface area contributed by atoms with Crippen molar-refractivity contribution in [2.24, 2.45) is 0 Å². The molecule has 1 aromatic heterocycles. The van der Waals surface area contributed by atoms with Gasteiger partial charge in [-0.25, -0.2) is 9.37 Å². The lowest BCUT2D eigenvalue weighted by Crippen LogP contribution is -2.14. The Bertz CT molecular complexity index is 572. The quantitative estimate of drug-likeness (QED) is 0.842. The van der Waals surface area contributed by atoms with Gasteiger partial charge in [0.2, 0.25) is 5.91 Å². The summed E-state index contributed by atoms with van der Waals surface area (Å²) in [4.78, 5) is 15.8. The number of aromatic nitrogens is 3. The van der Waals surface area contributed by atoms with Gasteiger partial charge >= 0.3 is 0 Å². The third-order valence-electron chi connectivity index (χ3n) is 2.69. The monoisotopic (exact) mass is 278 g/mol. The Hall–Kier alpha value is -2.28. The number of anilines is 1. The molecule has 20 heavy (non-hydrogen) atoms. The van der Waals surface area contributed by atoms with E-state index in [0.717, 1.165) is 0 Å². The van der Waals surface area contributed by atoms with Gasteiger partial charge in [0.05, 0.1) is 6.61 Å². The molecule has 1 amide bonds. The molecule has 106 valence electrons. The van der Waals surface area contributed by atoms with Crippen LogP contribution in [0.1, 0.15) is 17.8 Å². The Labute approximate surface area is 115 Å². The van der Waals surface area contributed by atoms with Crippen molar-refractivity contribution in [3.8, 4) is 0 Å². The number of amides is 1. The van der Waals surface area contributed by atoms with E-state index >= 15 is 0 Å². The molecule has 0 aliphatic carbocycles. The molecular formula is C13H15FN4O2. The summed E-state index contributed by atoms with van der Waals surface area (Å²) in [5, 5.41) is 9.13. The van der Waals surface area contributed by atoms with Crippen LogP contribution in [0.3, 0.4) is 0 Å². The molecular weight excluding hydrogens is 263 g/mol. The zero-order chi connectivity index (χ0) is 14.4. The standard InChI is InChI=1S/C13H15FN4O2/c1-20-7-9-6-10(14)2-3-11(9)17-13(19)5-4-12-15-8-16-18-12/h2-3,6,8H,4-5,7H2,1H3,(H,17,19)(H,15,16,18). The number of hydrogen-bond donors (Lipinski definition) is 2. The average Bonchev–Trinajstić information content (AvgIpc) is 2.93. The molecule has 6 nitrogen and oxygen atoms in total. The summed E-state index contributed by atoms with van der Waals surface area (Å²) in [5.41, 5.74) is 1.15. The van der Waals surface area contributed by atoms with Crippen LogP contribution >= 0.6 is 0 Å². The van der Waals surface area contributed by atoms with Crippen LogP contribution in [0.4, 0.5) is 10.1 Å². The van der Waals surface area contributed by atoms with Gasteiger partial charge in [-0.05, 0) is 18.2 Å². The maximum atomic E-state index is 13.2. The summed E-state index contributed by atoms with van der Waals surface area (Å²) >= 11 is 0. The van der Waals surface area contributed by atoms with E-state index in [1.807, 2.05) is 0 Å². The number of nitrogens with one attached hydrogen (secondary N) is 2. The van der Waals surface area contributed by atoms with E-state index < -0.39 is 0 Å². The van der Waals surface area contributed by atoms with Crippen molar-refractivity contribution in [3.05, 3.63) is 41.7 Å². The molecule has 0 saturated carbocycles. The highest BCUT2D eigenvalue weighted by atomic mass is 19.1. The molecule has 0 spiro atoms. The minimum absolute atomic E-state index is 0.176. The Morgan fingerprint density at radius 1 is 1.50 bits per heavy atom. The average molecular weight is 278 g/mol. The Morgan fingerprint density at radius 3 is 3.05 bits per heavy atom. The zero-order valence-electron chi connectivity index (χ0n) is 11.0. The van der Waals surface area contributed by atoms with Crippen molar-refractivity contribution >= 4 is 11.6 Å². The number of carbonyl (C=O) groups is 1. The summed E-state index contributed by atoms with van der Waals surface area (Å²) in [5.74, 6) is 0.110. The first kappa shape index (κ1) is 14.1. The molecule has 0 aliphatic heterocycles. The number of methoxy groups -OCH3 is 1. The van der Waals surface area contributed by atoms with E-state index in [2.05, 4.69) is 20.5 Å². The van der Waals surface area contributed by atoms with Crippen molar-refractivity contribution < 1.29 is 13.9 Å². The smallest absolute Gasteiger partial charge is 0.224 e. The van der Waals surface area contributed by atoms with Crippen LogP contribution in [0.5, 0.6) is 0 Å². The minimum Gasteiger partial charge on any atom is -0.380 e. The first-order valence-electron chi connectivity index (χ1n) is 6.10. The maximum Gasteiger partial charge on any atom is 0.224 e. The van der Waals surface area contributed by atoms with Gasteiger partial charge in [-0.3, -0.25) is 9.89 Å². The highest BCUT2D eigenvalue weighted by molar-refractivity contribution is 5.91. The first-order chi connectivity index (χ1) is 9.69. The van der Waals surface area contributed by atoms with Crippen LogP contribution in [0, 0.1) is 5.82 Å². The second-order valence-corrected chi connectivity index (χ2v) is 4.21. The fourth-order valence-corrected chi connectivity index (χ4v) is 1.76. The molecule has 0 unspecified atom stereocenters. The summed E-state index contributed by atoms with van der Waals surface area (Å²) in [6.45, 7) is 0.232. The molecule has 1 aromatic carbocycles. The number of hydrogen-bond acceptors (Lipinski definition) is 4. The van der Waals surface area contributed by atoms with Crippen LogP contribution in [0.25, 0.3) is 0 Å². The lowest BCUT2D eigenvalue weighted by Gasteiger charge is -2.10. The summed E-state index contributed by atoms with van der Waals surface area (Å²) in [7, 11) is 1.51. The predicted molar refractivity (Wildman–Crippen MR) is 70.4 cm³/mol. The van der Waals surface area contributed by atoms with Gasteiger partial charge in [0.25, 0.3) is 0 Å². The number of ether oxygens (including phenoxy) is 1. The van der Waals surface area contributed by atoms with E-state index in [9.17, 15) is 9.18 Å². The fourth-order valence-electron chi connectivity index (χ4n) is 1.76. The number of rotatable bonds is 6. The zero-order valence-corrected chi connectivity index (χ0v) is 11.0. The first-order valence-corrected chi connectivity index (χ1v) is 6.10. The van der Waals surface area contributed by atoms with Gasteiger partial charge in [0.15, 0.2) is 0 Å². The number of carbonyl (C=O) groups excluding carboxylic acids is 1. The molecule has 0 fully saturated rings. The fraction of sp³-hybridized carbons (Fsp3) is 0.308. The number of aromatic amines is 1. The third-order valence-corrected chi connectivity index (χ3v) is 2.69. The van der Waals surface area contributed by atoms with Crippen molar-refractivity contribution in [1.29, 1.82) is 0 Å². The van der Waals surface area contributed by atoms with Crippen LogP contribution in [0.2, 0.25) is 0 Å². The topological polar surface area (TPSA) is 79.9 Å². The van der Waals surface area contributed by atoms with Gasteiger partial charge in [0, 0.05) is 31.2 Å². The van der Waals surface area contributed by atoms with E-state index in [4.69, 9.17) is 4.74 Å². The maximum absolute atomic E-state index is 13.2. The molecule has 0 bridgehead atoms. The minimum atomic E-state index is -0.364. The lowest BCUT2D eigenvalue weighted by molar-refractivity contribution is -0.116. The van der Waals surface area contributed by atoms with Crippen molar-refractivity contribution in [2.45, 2.75) is 19.4 Å². The predicted octanol–water partition coefficient (Wildman–Crippen LogP) is 1.66. The van der Waals surface area contributed by atoms with E-state index in [1.54, 1.807) is 0 Å². The molecule has 0 radical (unpaired) electrons. The summed E-state index contributed by atoms with van der Waals surface area (Å²) < 4.78 is 18.1. The Balaban J connectivity index is 1.96. The molecule has 0 saturated heterocycles. The van der Waals surface area contributed by atoms with Crippen molar-refractivity contribution in [1.82, 2.24) is 15.2 Å². The lowest BCUT2D eigenvalue weighted by atomic mass is 10.1. The van der Waals surface area contributed by atoms with Gasteiger partial charge in [-0.1, -0.05) is 0 Å². The molecule has 0 atom stereocenters. The normalized spacial score (nSPS) is 10.5. The number of benzene rings is 1. The summed E-state index contributed by atoms with van der Waals surface area (Å²) in [6.07, 6.45) is 2.12. The highest BCUT2D eigenvalue weighted by Crippen LogP contribution is 2.18. The Kier molecular flexibility index (Phi) is 4.78. The van der Waals surface area contributed by atoms with Crippen LogP contribution in [-0.2, 0) is 22.6 Å². The third kappa shape index (κ3) is 3.86. The SMILES string of the molecule is COCc1cc(F)ccc1NC(=O)CCc1ncn[nH]1. The molecule has 1 heterocycles. The molecule has 2 N–H and O–H groups in total.